The summed E-state index contributed by atoms with van der Waals surface area (Å²) in [5.74, 6) is 0.122. The van der Waals surface area contributed by atoms with Crippen molar-refractivity contribution in [2.75, 3.05) is 13.2 Å². The van der Waals surface area contributed by atoms with Gasteiger partial charge in [0.2, 0.25) is 0 Å². The topological polar surface area (TPSA) is 55.8 Å². The standard InChI is InChI=1S/C16H17NO4/c18-14-9-13(16(14)7-4-8-21-16)17-12(10-20-15(17)19)11-5-2-1-3-6-11/h1-3,5-6,12-13H,4,7-10H2/t12-,13+,16+/m1/s1. The molecule has 0 bridgehead atoms. The molecule has 2 aliphatic heterocycles. The van der Waals surface area contributed by atoms with Crippen LogP contribution in [0.3, 0.4) is 0 Å². The number of cyclic esters (lactones) is 1. The van der Waals surface area contributed by atoms with Gasteiger partial charge in [0.25, 0.3) is 0 Å². The molecule has 3 aliphatic rings. The van der Waals surface area contributed by atoms with Gasteiger partial charge in [0.05, 0.1) is 12.1 Å². The average Bonchev–Trinajstić information content (AvgIpc) is 3.14. The number of amides is 1. The van der Waals surface area contributed by atoms with Gasteiger partial charge in [-0.05, 0) is 18.4 Å². The molecule has 0 aromatic heterocycles. The fourth-order valence-corrected chi connectivity index (χ4v) is 3.74. The van der Waals surface area contributed by atoms with E-state index in [1.165, 1.54) is 0 Å². The van der Waals surface area contributed by atoms with Gasteiger partial charge < -0.3 is 9.47 Å². The van der Waals surface area contributed by atoms with Crippen LogP contribution in [0.2, 0.25) is 0 Å². The van der Waals surface area contributed by atoms with E-state index in [0.29, 0.717) is 26.1 Å². The second-order valence-corrected chi connectivity index (χ2v) is 5.90. The Bertz CT molecular complexity index is 579. The molecular weight excluding hydrogens is 270 g/mol. The van der Waals surface area contributed by atoms with Crippen molar-refractivity contribution in [1.82, 2.24) is 4.90 Å². The van der Waals surface area contributed by atoms with Crippen LogP contribution in [0.1, 0.15) is 30.9 Å². The monoisotopic (exact) mass is 287 g/mol. The summed E-state index contributed by atoms with van der Waals surface area (Å²) in [5, 5.41) is 0. The first-order valence-corrected chi connectivity index (χ1v) is 7.40. The van der Waals surface area contributed by atoms with Crippen LogP contribution in [0.4, 0.5) is 4.79 Å². The van der Waals surface area contributed by atoms with Crippen molar-refractivity contribution in [3.8, 4) is 0 Å². The number of hydrogen-bond donors (Lipinski definition) is 0. The predicted molar refractivity (Wildman–Crippen MR) is 73.7 cm³/mol. The number of Topliss-reactive ketones (excluding diaryl/α,β-unsaturated/α-hetero) is 1. The first-order valence-electron chi connectivity index (χ1n) is 7.40. The number of ketones is 1. The quantitative estimate of drug-likeness (QED) is 0.835. The minimum absolute atomic E-state index is 0.122. The second kappa shape index (κ2) is 4.56. The van der Waals surface area contributed by atoms with Crippen LogP contribution in [-0.4, -0.2) is 41.6 Å². The molecule has 3 fully saturated rings. The Kier molecular flexibility index (Phi) is 2.79. The second-order valence-electron chi connectivity index (χ2n) is 5.90. The zero-order valence-electron chi connectivity index (χ0n) is 11.7. The van der Waals surface area contributed by atoms with Gasteiger partial charge in [0.1, 0.15) is 12.2 Å². The lowest BCUT2D eigenvalue weighted by Gasteiger charge is -2.48. The molecule has 5 nitrogen and oxygen atoms in total. The molecule has 3 atom stereocenters. The van der Waals surface area contributed by atoms with E-state index in [4.69, 9.17) is 9.47 Å². The molecule has 5 heteroatoms. The number of rotatable bonds is 2. The van der Waals surface area contributed by atoms with Crippen molar-refractivity contribution in [2.24, 2.45) is 0 Å². The van der Waals surface area contributed by atoms with E-state index in [1.54, 1.807) is 4.90 Å². The number of nitrogens with zero attached hydrogens (tertiary/aromatic N) is 1. The van der Waals surface area contributed by atoms with Crippen molar-refractivity contribution in [2.45, 2.75) is 36.9 Å². The summed E-state index contributed by atoms with van der Waals surface area (Å²) >= 11 is 0. The molecule has 2 heterocycles. The van der Waals surface area contributed by atoms with Gasteiger partial charge in [-0.15, -0.1) is 0 Å². The first kappa shape index (κ1) is 12.8. The molecule has 2 saturated heterocycles. The molecule has 0 N–H and O–H groups in total. The van der Waals surface area contributed by atoms with Crippen molar-refractivity contribution < 1.29 is 19.1 Å². The zero-order chi connectivity index (χ0) is 14.4. The van der Waals surface area contributed by atoms with E-state index in [9.17, 15) is 9.59 Å². The van der Waals surface area contributed by atoms with Crippen LogP contribution >= 0.6 is 0 Å². The van der Waals surface area contributed by atoms with E-state index in [2.05, 4.69) is 0 Å². The van der Waals surface area contributed by atoms with Crippen LogP contribution in [0.15, 0.2) is 30.3 Å². The van der Waals surface area contributed by atoms with Gasteiger partial charge in [0, 0.05) is 13.0 Å². The summed E-state index contributed by atoms with van der Waals surface area (Å²) in [6, 6.07) is 9.50. The normalized spacial score (nSPS) is 35.1. The summed E-state index contributed by atoms with van der Waals surface area (Å²) in [7, 11) is 0. The van der Waals surface area contributed by atoms with Crippen LogP contribution in [0.5, 0.6) is 0 Å². The van der Waals surface area contributed by atoms with Crippen molar-refractivity contribution >= 4 is 11.9 Å². The Morgan fingerprint density at radius 3 is 2.67 bits per heavy atom. The molecule has 21 heavy (non-hydrogen) atoms. The summed E-state index contributed by atoms with van der Waals surface area (Å²) in [4.78, 5) is 26.0. The minimum Gasteiger partial charge on any atom is -0.447 e. The third-order valence-electron chi connectivity index (χ3n) is 4.87. The molecule has 110 valence electrons. The Morgan fingerprint density at radius 2 is 2.00 bits per heavy atom. The van der Waals surface area contributed by atoms with Crippen molar-refractivity contribution in [1.29, 1.82) is 0 Å². The number of benzene rings is 1. The molecule has 1 aromatic rings. The number of carbonyl (C=O) groups is 2. The van der Waals surface area contributed by atoms with E-state index >= 15 is 0 Å². The highest BCUT2D eigenvalue weighted by Gasteiger charge is 2.63. The molecule has 1 saturated carbocycles. The van der Waals surface area contributed by atoms with Crippen LogP contribution < -0.4 is 0 Å². The molecule has 1 amide bonds. The van der Waals surface area contributed by atoms with Gasteiger partial charge in [-0.25, -0.2) is 4.79 Å². The van der Waals surface area contributed by atoms with Gasteiger partial charge in [0.15, 0.2) is 5.78 Å². The molecule has 1 spiro atoms. The predicted octanol–water partition coefficient (Wildman–Crippen LogP) is 2.07. The number of ether oxygens (including phenoxy) is 2. The highest BCUT2D eigenvalue weighted by atomic mass is 16.6. The fraction of sp³-hybridized carbons (Fsp3) is 0.500. The molecule has 1 aromatic carbocycles. The molecule has 0 radical (unpaired) electrons. The highest BCUT2D eigenvalue weighted by molar-refractivity contribution is 5.97. The zero-order valence-corrected chi connectivity index (χ0v) is 11.7. The number of carbonyl (C=O) groups excluding carboxylic acids is 2. The number of hydrogen-bond acceptors (Lipinski definition) is 4. The first-order chi connectivity index (χ1) is 10.2. The Balaban J connectivity index is 1.66. The molecule has 1 aliphatic carbocycles. The third kappa shape index (κ3) is 1.73. The summed E-state index contributed by atoms with van der Waals surface area (Å²) in [6.07, 6.45) is 1.62. The molecule has 0 unspecified atom stereocenters. The lowest BCUT2D eigenvalue weighted by Crippen LogP contribution is -2.67. The maximum absolute atomic E-state index is 12.2. The van der Waals surface area contributed by atoms with Gasteiger partial charge in [-0.3, -0.25) is 9.69 Å². The van der Waals surface area contributed by atoms with Crippen LogP contribution in [0.25, 0.3) is 0 Å². The maximum Gasteiger partial charge on any atom is 0.410 e. The minimum atomic E-state index is -0.767. The van der Waals surface area contributed by atoms with Gasteiger partial charge in [-0.2, -0.15) is 0 Å². The van der Waals surface area contributed by atoms with E-state index in [-0.39, 0.29) is 24.0 Å². The Labute approximate surface area is 122 Å². The summed E-state index contributed by atoms with van der Waals surface area (Å²) in [6.45, 7) is 0.935. The largest absolute Gasteiger partial charge is 0.447 e. The smallest absolute Gasteiger partial charge is 0.410 e. The maximum atomic E-state index is 12.2. The highest BCUT2D eigenvalue weighted by Crippen LogP contribution is 2.47. The van der Waals surface area contributed by atoms with E-state index in [1.807, 2.05) is 30.3 Å². The average molecular weight is 287 g/mol. The molecular formula is C16H17NO4. The van der Waals surface area contributed by atoms with Crippen molar-refractivity contribution in [3.63, 3.8) is 0 Å². The fourth-order valence-electron chi connectivity index (χ4n) is 3.74. The molecule has 4 rings (SSSR count). The van der Waals surface area contributed by atoms with E-state index < -0.39 is 5.60 Å². The Hall–Kier alpha value is -1.88. The lowest BCUT2D eigenvalue weighted by molar-refractivity contribution is -0.167. The Morgan fingerprint density at radius 1 is 1.19 bits per heavy atom. The van der Waals surface area contributed by atoms with Crippen LogP contribution in [0, 0.1) is 0 Å². The van der Waals surface area contributed by atoms with Gasteiger partial charge >= 0.3 is 6.09 Å². The van der Waals surface area contributed by atoms with E-state index in [0.717, 1.165) is 12.0 Å². The SMILES string of the molecule is O=C1OC[C@H](c2ccccc2)N1[C@H]1CC(=O)[C@]12CCCO2. The third-order valence-corrected chi connectivity index (χ3v) is 4.87. The van der Waals surface area contributed by atoms with Crippen molar-refractivity contribution in [3.05, 3.63) is 35.9 Å². The summed E-state index contributed by atoms with van der Waals surface area (Å²) < 4.78 is 11.0. The summed E-state index contributed by atoms with van der Waals surface area (Å²) in [5.41, 5.74) is 0.270. The lowest BCUT2D eigenvalue weighted by atomic mass is 9.70. The van der Waals surface area contributed by atoms with Gasteiger partial charge in [-0.1, -0.05) is 30.3 Å². The van der Waals surface area contributed by atoms with Crippen LogP contribution in [-0.2, 0) is 14.3 Å².